The Labute approximate surface area is 147 Å². The van der Waals surface area contributed by atoms with Gasteiger partial charge in [0.25, 0.3) is 5.91 Å². The summed E-state index contributed by atoms with van der Waals surface area (Å²) in [7, 11) is 0. The zero-order chi connectivity index (χ0) is 17.1. The Bertz CT molecular complexity index is 713. The van der Waals surface area contributed by atoms with Crippen LogP contribution in [0.4, 0.5) is 0 Å². The minimum atomic E-state index is 0.0858. The maximum atomic E-state index is 12.6. The van der Waals surface area contributed by atoms with Crippen LogP contribution in [-0.4, -0.2) is 57.1 Å². The Morgan fingerprint density at radius 1 is 1.04 bits per heavy atom. The van der Waals surface area contributed by atoms with Crippen molar-refractivity contribution in [3.63, 3.8) is 0 Å². The van der Waals surface area contributed by atoms with Crippen molar-refractivity contribution in [2.45, 2.75) is 25.8 Å². The molecule has 0 saturated carbocycles. The molecule has 130 valence electrons. The smallest absolute Gasteiger partial charge is 0.255 e. The van der Waals surface area contributed by atoms with Crippen molar-refractivity contribution < 1.29 is 4.79 Å². The van der Waals surface area contributed by atoms with Crippen molar-refractivity contribution in [2.24, 2.45) is 5.41 Å². The van der Waals surface area contributed by atoms with Gasteiger partial charge in [0.1, 0.15) is 0 Å². The van der Waals surface area contributed by atoms with E-state index in [2.05, 4.69) is 26.1 Å². The van der Waals surface area contributed by atoms with Gasteiger partial charge < -0.3 is 4.90 Å². The van der Waals surface area contributed by atoms with Gasteiger partial charge in [-0.3, -0.25) is 14.7 Å². The summed E-state index contributed by atoms with van der Waals surface area (Å²) < 4.78 is 0. The molecule has 6 heteroatoms. The minimum absolute atomic E-state index is 0.0858. The highest BCUT2D eigenvalue weighted by Gasteiger charge is 2.42. The number of piperidine rings is 1. The molecule has 2 aliphatic rings. The molecule has 6 nitrogen and oxygen atoms in total. The van der Waals surface area contributed by atoms with E-state index >= 15 is 0 Å². The Morgan fingerprint density at radius 3 is 2.60 bits per heavy atom. The average molecular weight is 337 g/mol. The number of likely N-dealkylation sites (tertiary alicyclic amines) is 2. The molecular formula is C19H23N5O. The highest BCUT2D eigenvalue weighted by molar-refractivity contribution is 5.94. The van der Waals surface area contributed by atoms with Crippen molar-refractivity contribution in [3.05, 3.63) is 54.1 Å². The third-order valence-corrected chi connectivity index (χ3v) is 5.59. The first-order valence-corrected chi connectivity index (χ1v) is 8.92. The summed E-state index contributed by atoms with van der Waals surface area (Å²) in [5.74, 6) is 0.0858. The van der Waals surface area contributed by atoms with Crippen LogP contribution >= 0.6 is 0 Å². The number of hydrogen-bond donors (Lipinski definition) is 0. The average Bonchev–Trinajstić information content (AvgIpc) is 3.09. The first kappa shape index (κ1) is 16.1. The van der Waals surface area contributed by atoms with E-state index in [1.54, 1.807) is 18.5 Å². The third kappa shape index (κ3) is 3.54. The molecule has 1 amide bonds. The van der Waals surface area contributed by atoms with Crippen LogP contribution in [0.15, 0.2) is 42.9 Å². The fourth-order valence-corrected chi connectivity index (χ4v) is 4.02. The molecule has 2 saturated heterocycles. The predicted molar refractivity (Wildman–Crippen MR) is 93.7 cm³/mol. The molecule has 4 rings (SSSR count). The summed E-state index contributed by atoms with van der Waals surface area (Å²) in [5.41, 5.74) is 2.06. The van der Waals surface area contributed by atoms with E-state index in [1.807, 2.05) is 23.2 Å². The molecule has 25 heavy (non-hydrogen) atoms. The summed E-state index contributed by atoms with van der Waals surface area (Å²) >= 11 is 0. The number of pyridine rings is 1. The van der Waals surface area contributed by atoms with Crippen molar-refractivity contribution in [1.82, 2.24) is 25.0 Å². The Hall–Kier alpha value is -2.34. The molecule has 0 N–H and O–H groups in total. The topological polar surface area (TPSA) is 62.2 Å². The van der Waals surface area contributed by atoms with E-state index < -0.39 is 0 Å². The van der Waals surface area contributed by atoms with E-state index in [4.69, 9.17) is 0 Å². The number of nitrogens with zero attached hydrogens (tertiary/aromatic N) is 5. The largest absolute Gasteiger partial charge is 0.338 e. The summed E-state index contributed by atoms with van der Waals surface area (Å²) in [4.78, 5) is 21.5. The zero-order valence-electron chi connectivity index (χ0n) is 14.3. The Balaban J connectivity index is 1.34. The van der Waals surface area contributed by atoms with Crippen LogP contribution in [0, 0.1) is 5.41 Å². The van der Waals surface area contributed by atoms with Crippen molar-refractivity contribution >= 4 is 5.91 Å². The van der Waals surface area contributed by atoms with Crippen molar-refractivity contribution in [2.75, 3.05) is 26.2 Å². The molecule has 2 aromatic heterocycles. The molecule has 0 radical (unpaired) electrons. The van der Waals surface area contributed by atoms with E-state index in [-0.39, 0.29) is 11.3 Å². The Kier molecular flexibility index (Phi) is 4.44. The van der Waals surface area contributed by atoms with Crippen LogP contribution in [0.5, 0.6) is 0 Å². The summed E-state index contributed by atoms with van der Waals surface area (Å²) in [6.07, 6.45) is 8.40. The lowest BCUT2D eigenvalue weighted by molar-refractivity contribution is 0.0712. The number of amides is 1. The maximum absolute atomic E-state index is 12.6. The first-order valence-electron chi connectivity index (χ1n) is 8.92. The monoisotopic (exact) mass is 337 g/mol. The fraction of sp³-hybridized carbons (Fsp3) is 0.474. The summed E-state index contributed by atoms with van der Waals surface area (Å²) in [5, 5.41) is 7.57. The zero-order valence-corrected chi connectivity index (χ0v) is 14.3. The Morgan fingerprint density at radius 2 is 1.88 bits per heavy atom. The van der Waals surface area contributed by atoms with E-state index in [1.165, 1.54) is 0 Å². The highest BCUT2D eigenvalue weighted by atomic mass is 16.2. The van der Waals surface area contributed by atoms with Gasteiger partial charge in [0.05, 0.1) is 23.7 Å². The second-order valence-corrected chi connectivity index (χ2v) is 7.21. The molecule has 2 aliphatic heterocycles. The normalized spacial score (nSPS) is 20.1. The van der Waals surface area contributed by atoms with Gasteiger partial charge in [-0.25, -0.2) is 0 Å². The van der Waals surface area contributed by atoms with Crippen LogP contribution in [0.3, 0.4) is 0 Å². The minimum Gasteiger partial charge on any atom is -0.338 e. The lowest BCUT2D eigenvalue weighted by atomic mass is 9.78. The number of aromatic nitrogens is 3. The number of rotatable bonds is 3. The van der Waals surface area contributed by atoms with Gasteiger partial charge in [-0.1, -0.05) is 6.07 Å². The molecule has 0 aromatic carbocycles. The number of hydrogen-bond acceptors (Lipinski definition) is 5. The van der Waals surface area contributed by atoms with Crippen molar-refractivity contribution in [1.29, 1.82) is 0 Å². The maximum Gasteiger partial charge on any atom is 0.255 e. The van der Waals surface area contributed by atoms with Gasteiger partial charge in [-0.15, -0.1) is 0 Å². The van der Waals surface area contributed by atoms with E-state index in [9.17, 15) is 4.79 Å². The molecular weight excluding hydrogens is 314 g/mol. The molecule has 0 aliphatic carbocycles. The number of carbonyl (C=O) groups is 1. The van der Waals surface area contributed by atoms with Crippen LogP contribution in [0.2, 0.25) is 0 Å². The predicted octanol–water partition coefficient (Wildman–Crippen LogP) is 2.00. The second-order valence-electron chi connectivity index (χ2n) is 7.21. The molecule has 1 spiro atoms. The lowest BCUT2D eigenvalue weighted by Crippen LogP contribution is -2.42. The summed E-state index contributed by atoms with van der Waals surface area (Å²) in [6, 6.07) is 7.83. The molecule has 2 fully saturated rings. The quantitative estimate of drug-likeness (QED) is 0.857. The van der Waals surface area contributed by atoms with Crippen LogP contribution < -0.4 is 0 Å². The lowest BCUT2D eigenvalue weighted by Gasteiger charge is -2.39. The van der Waals surface area contributed by atoms with Gasteiger partial charge in [0.2, 0.25) is 0 Å². The molecule has 0 atom stereocenters. The molecule has 4 heterocycles. The van der Waals surface area contributed by atoms with Gasteiger partial charge >= 0.3 is 0 Å². The highest BCUT2D eigenvalue weighted by Crippen LogP contribution is 2.40. The third-order valence-electron chi connectivity index (χ3n) is 5.59. The molecule has 0 bridgehead atoms. The van der Waals surface area contributed by atoms with Crippen LogP contribution in [-0.2, 0) is 6.54 Å². The van der Waals surface area contributed by atoms with E-state index in [0.717, 1.165) is 57.7 Å². The second kappa shape index (κ2) is 6.88. The van der Waals surface area contributed by atoms with Gasteiger partial charge in [-0.05, 0) is 56.0 Å². The number of carbonyl (C=O) groups excluding carboxylic acids is 1. The fourth-order valence-electron chi connectivity index (χ4n) is 4.02. The first-order chi connectivity index (χ1) is 12.2. The van der Waals surface area contributed by atoms with Gasteiger partial charge in [0.15, 0.2) is 0 Å². The SMILES string of the molecule is O=C(c1ccnnc1)N1CCC2(CCN(Cc3ccccn3)CC2)C1. The van der Waals surface area contributed by atoms with Crippen LogP contribution in [0.25, 0.3) is 0 Å². The van der Waals surface area contributed by atoms with Gasteiger partial charge in [0, 0.05) is 25.8 Å². The van der Waals surface area contributed by atoms with Crippen LogP contribution in [0.1, 0.15) is 35.3 Å². The van der Waals surface area contributed by atoms with E-state index in [0.29, 0.717) is 5.56 Å². The summed E-state index contributed by atoms with van der Waals surface area (Å²) in [6.45, 7) is 4.79. The molecule has 0 unspecified atom stereocenters. The standard InChI is InChI=1S/C19H23N5O/c25-18(16-4-9-21-22-13-16)24-12-7-19(15-24)5-10-23(11-6-19)14-17-3-1-2-8-20-17/h1-4,8-9,13H,5-7,10-12,14-15H2. The molecule has 2 aromatic rings. The van der Waals surface area contributed by atoms with Gasteiger partial charge in [-0.2, -0.15) is 10.2 Å². The van der Waals surface area contributed by atoms with Crippen molar-refractivity contribution in [3.8, 4) is 0 Å².